The van der Waals surface area contributed by atoms with Crippen molar-refractivity contribution < 1.29 is 146 Å². The van der Waals surface area contributed by atoms with Gasteiger partial charge in [-0.15, -0.1) is 0 Å². The minimum atomic E-state index is -10.7. The first kappa shape index (κ1) is 98.8. The third-order valence-corrected chi connectivity index (χ3v) is 10.6. The first-order valence-electron chi connectivity index (χ1n) is 27.9. The standard InChI is InChI=1S/C10H19N2.C8H15N2.C7H8O3S.4C6H11N2.CH4O3S.BF4.3F6P/c1-3-4-5-6-7-12-9-8-11(2)10-12;1-3-4-5-10-7-6-9(2)8-10;1-6-2-4-7(5-3-6)11(8,9)10;4*1-3-8-5-4-7(2)6-8;1-5(2,3)4;2-1(3,4)5;3*1-7(2,3,4,5)6/h8-10H,3-7H2,1-2H3;6-8H,3-5H2,1-2H3;2-5H,1H3,(H,8,9,10);4*4-6H,3H2,1-2H3;1H3,(H,2,3,4);;;;/q2*+1;;4*+1;;4*-1/p-2. The van der Waals surface area contributed by atoms with E-state index in [1.165, 1.54) is 57.2 Å². The Morgan fingerprint density at radius 2 is 0.562 bits per heavy atom. The molecule has 7 rings (SSSR count). The van der Waals surface area contributed by atoms with Crippen LogP contribution in [-0.2, 0) is 102 Å². The van der Waals surface area contributed by atoms with Crippen LogP contribution in [0.15, 0.2) is 141 Å². The fourth-order valence-electron chi connectivity index (χ4n) is 5.79. The molecule has 0 aliphatic carbocycles. The average molecular weight is 1540 g/mol. The van der Waals surface area contributed by atoms with Crippen molar-refractivity contribution in [3.05, 3.63) is 142 Å². The summed E-state index contributed by atoms with van der Waals surface area (Å²) in [5.74, 6) is 0. The number of benzene rings is 1. The van der Waals surface area contributed by atoms with Crippen molar-refractivity contribution in [2.24, 2.45) is 42.3 Å². The third-order valence-electron chi connectivity index (χ3n) is 9.75. The quantitative estimate of drug-likeness (QED) is 0.0278. The van der Waals surface area contributed by atoms with E-state index in [-0.39, 0.29) is 4.90 Å². The summed E-state index contributed by atoms with van der Waals surface area (Å²) in [6.45, 7) is 21.3. The molecule has 0 saturated carbocycles. The number of unbranched alkanes of at least 4 members (excludes halogenated alkanes) is 4. The van der Waals surface area contributed by atoms with Crippen LogP contribution in [-0.4, -0.2) is 66.9 Å². The summed E-state index contributed by atoms with van der Waals surface area (Å²) in [7, 11) is -34.0. The first-order chi connectivity index (χ1) is 42.3. The predicted molar refractivity (Wildman–Crippen MR) is 321 cm³/mol. The molecule has 7 aromatic rings. The number of aromatic nitrogens is 12. The average Bonchev–Trinajstić information content (AvgIpc) is 1.83. The van der Waals surface area contributed by atoms with Crippen LogP contribution >= 0.6 is 23.4 Å². The van der Waals surface area contributed by atoms with Crippen LogP contribution in [0.5, 0.6) is 0 Å². The van der Waals surface area contributed by atoms with Gasteiger partial charge in [-0.1, -0.05) is 50.8 Å². The summed E-state index contributed by atoms with van der Waals surface area (Å²) in [6.07, 6.45) is 45.7. The second kappa shape index (κ2) is 39.0. The molecule has 6 heterocycles. The second-order valence-corrected chi connectivity index (χ2v) is 28.6. The van der Waals surface area contributed by atoms with E-state index in [4.69, 9.17) is 13.0 Å². The fourth-order valence-corrected chi connectivity index (χ4v) is 6.26. The zero-order chi connectivity index (χ0) is 76.8. The van der Waals surface area contributed by atoms with Gasteiger partial charge in [-0.2, -0.15) is 0 Å². The van der Waals surface area contributed by atoms with Gasteiger partial charge in [0, 0.05) is 6.26 Å². The summed E-state index contributed by atoms with van der Waals surface area (Å²) < 4.78 is 300. The maximum absolute atomic E-state index is 10.7. The normalized spacial score (nSPS) is 13.2. The molecule has 0 bridgehead atoms. The molecule has 96 heavy (non-hydrogen) atoms. The van der Waals surface area contributed by atoms with Crippen LogP contribution in [0.4, 0.5) is 92.8 Å². The monoisotopic (exact) mass is 1540 g/mol. The Hall–Kier alpha value is -5.89. The van der Waals surface area contributed by atoms with Crippen LogP contribution in [0.2, 0.25) is 0 Å². The van der Waals surface area contributed by atoms with Crippen molar-refractivity contribution in [3.63, 3.8) is 0 Å². The second-order valence-electron chi connectivity index (χ2n) is 20.0. The number of rotatable bonds is 13. The number of hydrogen-bond acceptors (Lipinski definition) is 6. The van der Waals surface area contributed by atoms with Crippen molar-refractivity contribution in [2.75, 3.05) is 6.26 Å². The van der Waals surface area contributed by atoms with E-state index in [0.29, 0.717) is 6.26 Å². The van der Waals surface area contributed by atoms with Crippen molar-refractivity contribution in [1.82, 2.24) is 27.4 Å². The van der Waals surface area contributed by atoms with E-state index >= 15 is 0 Å². The Labute approximate surface area is 544 Å². The molecule has 0 radical (unpaired) electrons. The van der Waals surface area contributed by atoms with Crippen LogP contribution in [0.25, 0.3) is 0 Å². The topological polar surface area (TPSA) is 167 Å². The van der Waals surface area contributed by atoms with E-state index in [0.717, 1.165) is 38.3 Å². The molecule has 18 nitrogen and oxygen atoms in total. The van der Waals surface area contributed by atoms with Gasteiger partial charge in [0.2, 0.25) is 38.0 Å². The Kier molecular flexibility index (Phi) is 40.2. The molecule has 0 N–H and O–H groups in total. The molecule has 0 fully saturated rings. The van der Waals surface area contributed by atoms with Crippen LogP contribution in [0.3, 0.4) is 0 Å². The molecule has 1 aromatic carbocycles. The van der Waals surface area contributed by atoms with Gasteiger partial charge >= 0.3 is 106 Å². The Morgan fingerprint density at radius 3 is 0.708 bits per heavy atom. The molecular formula is C50H88BF22N12O6P3S2. The Morgan fingerprint density at radius 1 is 0.375 bits per heavy atom. The van der Waals surface area contributed by atoms with Gasteiger partial charge in [0.1, 0.15) is 84.5 Å². The number of nitrogens with zero attached hydrogens (tertiary/aromatic N) is 12. The molecule has 0 atom stereocenters. The van der Waals surface area contributed by atoms with E-state index in [2.05, 4.69) is 173 Å². The van der Waals surface area contributed by atoms with Gasteiger partial charge < -0.3 is 26.4 Å². The van der Waals surface area contributed by atoms with Gasteiger partial charge in [-0.25, -0.2) is 71.6 Å². The molecule has 0 unspecified atom stereocenters. The SMILES string of the molecule is CCCCCCn1cc[n+](C)c1.CCCCn1cc[n+](C)c1.CCn1cc[n+](C)c1.CCn1cc[n+](C)c1.CCn1cc[n+](C)c1.CCn1cc[n+](C)c1.CS(=O)(=O)[O-].Cc1ccc(S(=O)(=O)[O-])cc1.F[B-](F)(F)F.F[P-](F)(F)(F)(F)F.F[P-](F)(F)(F)(F)F.F[P-](F)(F)(F)(F)F. The summed E-state index contributed by atoms with van der Waals surface area (Å²) in [5, 5.41) is 0. The molecular weight excluding hydrogens is 1450 g/mol. The number of hydrogen-bond donors (Lipinski definition) is 0. The molecule has 46 heteroatoms. The number of imidazole rings is 6. The van der Waals surface area contributed by atoms with Gasteiger partial charge in [-0.05, 0) is 66.0 Å². The summed E-state index contributed by atoms with van der Waals surface area (Å²) in [4.78, 5) is -0.178. The molecule has 0 aliphatic rings. The number of halogens is 22. The molecule has 568 valence electrons. The minimum absolute atomic E-state index is 0.178. The number of aryl methyl sites for hydroxylation is 13. The molecule has 0 amide bonds. The molecule has 0 saturated heterocycles. The summed E-state index contributed by atoms with van der Waals surface area (Å²) in [6, 6.07) is 5.78. The summed E-state index contributed by atoms with van der Waals surface area (Å²) in [5.41, 5.74) is 0.928. The maximum atomic E-state index is 10.4. The van der Waals surface area contributed by atoms with Gasteiger partial charge in [-0.3, -0.25) is 0 Å². The van der Waals surface area contributed by atoms with Gasteiger partial charge in [0.05, 0.1) is 96.6 Å². The Balaban J connectivity index is -0.000000316. The van der Waals surface area contributed by atoms with E-state index in [1.54, 1.807) is 12.1 Å². The van der Waals surface area contributed by atoms with Crippen molar-refractivity contribution in [3.8, 4) is 0 Å². The zero-order valence-corrected chi connectivity index (χ0v) is 59.4. The van der Waals surface area contributed by atoms with Crippen molar-refractivity contribution >= 4 is 50.9 Å². The van der Waals surface area contributed by atoms with E-state index in [1.807, 2.05) is 85.2 Å². The van der Waals surface area contributed by atoms with Gasteiger partial charge in [0.25, 0.3) is 0 Å². The third kappa shape index (κ3) is 99.2. The molecule has 0 aliphatic heterocycles. The van der Waals surface area contributed by atoms with Crippen LogP contribution in [0, 0.1) is 6.92 Å². The Bertz CT molecular complexity index is 3190. The molecule has 0 spiro atoms. The van der Waals surface area contributed by atoms with E-state index in [9.17, 15) is 106 Å². The van der Waals surface area contributed by atoms with Crippen molar-refractivity contribution in [2.45, 2.75) is 131 Å². The van der Waals surface area contributed by atoms with Crippen molar-refractivity contribution in [1.29, 1.82) is 0 Å². The summed E-state index contributed by atoms with van der Waals surface area (Å²) >= 11 is 0. The zero-order valence-electron chi connectivity index (χ0n) is 55.1. The molecule has 6 aromatic heterocycles. The fraction of sp³-hybridized carbons (Fsp3) is 0.520. The van der Waals surface area contributed by atoms with Crippen LogP contribution < -0.4 is 27.4 Å². The first-order valence-corrected chi connectivity index (χ1v) is 37.2. The van der Waals surface area contributed by atoms with Gasteiger partial charge in [0.15, 0.2) is 0 Å². The van der Waals surface area contributed by atoms with E-state index < -0.39 is 50.9 Å². The predicted octanol–water partition coefficient (Wildman–Crippen LogP) is 15.8. The van der Waals surface area contributed by atoms with Crippen LogP contribution in [0.1, 0.15) is 85.6 Å².